The molecule has 1 aliphatic rings. The van der Waals surface area contributed by atoms with Gasteiger partial charge in [-0.05, 0) is 67.2 Å². The van der Waals surface area contributed by atoms with Crippen molar-refractivity contribution in [2.75, 3.05) is 13.2 Å². The number of H-pyrrole nitrogens is 1. The third kappa shape index (κ3) is 6.58. The number of fused-ring (bicyclic) bond motifs is 1. The number of amides is 1. The normalized spacial score (nSPS) is 20.7. The molecule has 0 unspecified atom stereocenters. The minimum absolute atomic E-state index is 0.0147. The van der Waals surface area contributed by atoms with Crippen molar-refractivity contribution in [3.05, 3.63) is 100 Å². The van der Waals surface area contributed by atoms with Crippen molar-refractivity contribution in [2.45, 2.75) is 63.6 Å². The third-order valence-electron chi connectivity index (χ3n) is 8.52. The van der Waals surface area contributed by atoms with E-state index in [9.17, 15) is 14.7 Å². The molecule has 0 spiro atoms. The number of aliphatic hydroxyl groups excluding tert-OH is 1. The summed E-state index contributed by atoms with van der Waals surface area (Å²) < 4.78 is 23.7. The number of benzene rings is 3. The first-order valence-corrected chi connectivity index (χ1v) is 17.7. The van der Waals surface area contributed by atoms with Crippen LogP contribution in [-0.2, 0) is 22.5 Å². The van der Waals surface area contributed by atoms with E-state index in [0.29, 0.717) is 18.4 Å². The average Bonchev–Trinajstić information content (AvgIpc) is 3.48. The first kappa shape index (κ1) is 29.9. The maximum Gasteiger partial charge on any atom is 0.279 e. The molecule has 0 saturated carbocycles. The van der Waals surface area contributed by atoms with Gasteiger partial charge >= 0.3 is 0 Å². The van der Waals surface area contributed by atoms with Crippen LogP contribution >= 0.6 is 0 Å². The number of aryl methyl sites for hydroxylation is 1. The molecule has 0 aliphatic carbocycles. The van der Waals surface area contributed by atoms with Crippen LogP contribution < -0.4 is 5.56 Å². The van der Waals surface area contributed by atoms with Gasteiger partial charge in [0.05, 0.1) is 41.8 Å². The summed E-state index contributed by atoms with van der Waals surface area (Å²) in [5, 5.41) is 13.4. The molecular weight excluding hydrogens is 549 g/mol. The smallest absolute Gasteiger partial charge is 0.279 e. The molecule has 1 amide bonds. The van der Waals surface area contributed by atoms with E-state index in [0.717, 1.165) is 28.8 Å². The Hall–Kier alpha value is -3.53. The fraction of sp³-hybridized carbons (Fsp3) is 0.394. The largest absolute Gasteiger partial charge is 0.395 e. The molecule has 7 nitrogen and oxygen atoms in total. The fourth-order valence-corrected chi connectivity index (χ4v) is 9.00. The number of aromatic amines is 1. The van der Waals surface area contributed by atoms with Gasteiger partial charge in [0.2, 0.25) is 14.3 Å². The molecule has 9 heteroatoms. The Kier molecular flexibility index (Phi) is 9.10. The Morgan fingerprint density at radius 2 is 1.69 bits per heavy atom. The van der Waals surface area contributed by atoms with Gasteiger partial charge in [0.15, 0.2) is 0 Å². The van der Waals surface area contributed by atoms with Crippen LogP contribution in [0.3, 0.4) is 0 Å². The van der Waals surface area contributed by atoms with E-state index >= 15 is 4.11 Å². The Balaban J connectivity index is 1.25. The number of para-hydroxylation sites is 1. The number of aliphatic hydroxyl groups is 1. The number of carbonyl (C=O) groups is 1. The SMILES string of the molecule is C[C@@H]1[C@@H]([Si](C)(C)F)[C@H](CC(=O)N(CCO)Cc2ccccc2)O[C@@H]1CCc1ccc(-n2[nH]c3ccccc3c2=O)cc1. The lowest BCUT2D eigenvalue weighted by Gasteiger charge is -2.30. The topological polar surface area (TPSA) is 87.6 Å². The number of ether oxygens (including phenoxy) is 1. The standard InChI is InChI=1S/C33H40FN3O4Si/c1-23-29(18-15-24-13-16-26(17-14-24)37-33(40)27-11-7-8-12-28(27)35-37)41-30(32(23)42(2,3)34)21-31(39)36(19-20-38)22-25-9-5-4-6-10-25/h4-14,16-17,23,29-30,32,35,38H,15,18-22H2,1-3H3/t23-,29+,30-,32+/m0/s1. The zero-order valence-corrected chi connectivity index (χ0v) is 25.5. The molecule has 0 bridgehead atoms. The molecule has 1 aromatic heterocycles. The van der Waals surface area contributed by atoms with Crippen molar-refractivity contribution in [3.63, 3.8) is 0 Å². The van der Waals surface area contributed by atoms with Gasteiger partial charge in [0.1, 0.15) is 0 Å². The highest BCUT2D eigenvalue weighted by molar-refractivity contribution is 6.72. The number of nitrogens with one attached hydrogen (secondary N) is 1. The van der Waals surface area contributed by atoms with Gasteiger partial charge in [-0.3, -0.25) is 14.7 Å². The Morgan fingerprint density at radius 1 is 1.00 bits per heavy atom. The van der Waals surface area contributed by atoms with Crippen LogP contribution in [0.1, 0.15) is 30.9 Å². The molecular formula is C33H40FN3O4Si. The maximum absolute atomic E-state index is 15.7. The van der Waals surface area contributed by atoms with Crippen molar-refractivity contribution >= 4 is 25.2 Å². The predicted molar refractivity (Wildman–Crippen MR) is 166 cm³/mol. The Bertz CT molecular complexity index is 1550. The lowest BCUT2D eigenvalue weighted by atomic mass is 9.95. The summed E-state index contributed by atoms with van der Waals surface area (Å²) in [7, 11) is -3.14. The quantitative estimate of drug-likeness (QED) is 0.176. The van der Waals surface area contributed by atoms with Gasteiger partial charge in [0, 0.05) is 18.6 Å². The molecule has 42 heavy (non-hydrogen) atoms. The number of aromatic nitrogens is 2. The summed E-state index contributed by atoms with van der Waals surface area (Å²) in [5.74, 6) is -0.143. The van der Waals surface area contributed by atoms with Crippen LogP contribution in [0.25, 0.3) is 16.6 Å². The van der Waals surface area contributed by atoms with Gasteiger partial charge in [-0.2, -0.15) is 0 Å². The van der Waals surface area contributed by atoms with Crippen molar-refractivity contribution < 1.29 is 18.7 Å². The van der Waals surface area contributed by atoms with Crippen LogP contribution in [0.4, 0.5) is 4.11 Å². The van der Waals surface area contributed by atoms with Gasteiger partial charge in [-0.15, -0.1) is 0 Å². The second-order valence-electron chi connectivity index (χ2n) is 11.9. The molecule has 3 aromatic carbocycles. The number of hydrogen-bond donors (Lipinski definition) is 2. The van der Waals surface area contributed by atoms with Gasteiger partial charge in [0.25, 0.3) is 5.56 Å². The highest BCUT2D eigenvalue weighted by Gasteiger charge is 2.51. The monoisotopic (exact) mass is 589 g/mol. The van der Waals surface area contributed by atoms with Crippen molar-refractivity contribution in [2.24, 2.45) is 5.92 Å². The molecule has 5 rings (SSSR count). The molecule has 1 saturated heterocycles. The van der Waals surface area contributed by atoms with E-state index in [1.165, 1.54) is 0 Å². The molecule has 2 N–H and O–H groups in total. The van der Waals surface area contributed by atoms with Crippen LogP contribution in [0.2, 0.25) is 18.6 Å². The third-order valence-corrected chi connectivity index (χ3v) is 11.0. The highest BCUT2D eigenvalue weighted by Crippen LogP contribution is 2.47. The first-order chi connectivity index (χ1) is 20.2. The van der Waals surface area contributed by atoms with Crippen LogP contribution in [0, 0.1) is 5.92 Å². The number of halogens is 1. The average molecular weight is 590 g/mol. The second-order valence-corrected chi connectivity index (χ2v) is 15.7. The minimum atomic E-state index is -3.14. The minimum Gasteiger partial charge on any atom is -0.395 e. The lowest BCUT2D eigenvalue weighted by Crippen LogP contribution is -2.40. The molecule has 4 aromatic rings. The zero-order valence-electron chi connectivity index (χ0n) is 24.5. The summed E-state index contributed by atoms with van der Waals surface area (Å²) in [5.41, 5.74) is 3.25. The summed E-state index contributed by atoms with van der Waals surface area (Å²) in [4.78, 5) is 27.8. The number of nitrogens with zero attached hydrogens (tertiary/aromatic N) is 2. The summed E-state index contributed by atoms with van der Waals surface area (Å²) in [6.07, 6.45) is 0.905. The Morgan fingerprint density at radius 3 is 2.36 bits per heavy atom. The number of rotatable bonds is 11. The van der Waals surface area contributed by atoms with Crippen molar-refractivity contribution in [1.29, 1.82) is 0 Å². The van der Waals surface area contributed by atoms with Crippen LogP contribution in [-0.4, -0.2) is 59.5 Å². The summed E-state index contributed by atoms with van der Waals surface area (Å²) in [6, 6.07) is 25.0. The predicted octanol–water partition coefficient (Wildman–Crippen LogP) is 5.61. The molecule has 2 heterocycles. The van der Waals surface area contributed by atoms with Crippen molar-refractivity contribution in [3.8, 4) is 5.69 Å². The lowest BCUT2D eigenvalue weighted by molar-refractivity contribution is -0.135. The van der Waals surface area contributed by atoms with Gasteiger partial charge in [-0.1, -0.05) is 61.5 Å². The number of carbonyl (C=O) groups excluding carboxylic acids is 1. The molecule has 0 radical (unpaired) electrons. The van der Waals surface area contributed by atoms with E-state index in [2.05, 4.69) is 12.0 Å². The van der Waals surface area contributed by atoms with E-state index in [4.69, 9.17) is 4.74 Å². The van der Waals surface area contributed by atoms with E-state index in [1.54, 1.807) is 22.7 Å². The van der Waals surface area contributed by atoms with Crippen LogP contribution in [0.5, 0.6) is 0 Å². The van der Waals surface area contributed by atoms with Gasteiger partial charge < -0.3 is 18.9 Å². The molecule has 4 atom stereocenters. The summed E-state index contributed by atoms with van der Waals surface area (Å²) >= 11 is 0. The molecule has 1 fully saturated rings. The highest BCUT2D eigenvalue weighted by atomic mass is 28.4. The van der Waals surface area contributed by atoms with Gasteiger partial charge in [-0.25, -0.2) is 4.68 Å². The molecule has 222 valence electrons. The molecule has 1 aliphatic heterocycles. The maximum atomic E-state index is 15.7. The van der Waals surface area contributed by atoms with E-state index < -0.39 is 14.5 Å². The second kappa shape index (κ2) is 12.8. The first-order valence-electron chi connectivity index (χ1n) is 14.7. The number of hydrogen-bond acceptors (Lipinski definition) is 4. The zero-order chi connectivity index (χ0) is 29.9. The van der Waals surface area contributed by atoms with E-state index in [1.807, 2.05) is 78.9 Å². The van der Waals surface area contributed by atoms with E-state index in [-0.39, 0.29) is 48.6 Å². The Labute approximate surface area is 247 Å². The fourth-order valence-electron chi connectivity index (χ4n) is 6.45. The van der Waals surface area contributed by atoms with Crippen molar-refractivity contribution in [1.82, 2.24) is 14.7 Å². The summed E-state index contributed by atoms with van der Waals surface area (Å²) in [6.45, 7) is 5.95. The van der Waals surface area contributed by atoms with Crippen LogP contribution in [0.15, 0.2) is 83.7 Å².